The molecule has 0 aliphatic heterocycles. The molecule has 0 spiro atoms. The van der Waals surface area contributed by atoms with Crippen molar-refractivity contribution in [2.75, 3.05) is 38.8 Å². The molecule has 1 rings (SSSR count). The molecule has 6 heteroatoms. The molecule has 0 bridgehead atoms. The van der Waals surface area contributed by atoms with Gasteiger partial charge in [0.05, 0.1) is 19.8 Å². The average molecular weight is 240 g/mol. The topological polar surface area (TPSA) is 80.7 Å². The van der Waals surface area contributed by atoms with Crippen LogP contribution in [0.4, 0.5) is 5.69 Å². The number of carbonyl (C=O) groups is 1. The Balaban J connectivity index is 2.27. The Morgan fingerprint density at radius 1 is 1.47 bits per heavy atom. The summed E-state index contributed by atoms with van der Waals surface area (Å²) in [6.07, 6.45) is 1.46. The molecule has 0 saturated carbocycles. The Bertz CT molecular complexity index is 357. The number of pyridine rings is 1. The van der Waals surface area contributed by atoms with Crippen molar-refractivity contribution in [1.29, 1.82) is 0 Å². The van der Waals surface area contributed by atoms with E-state index in [1.165, 1.54) is 12.3 Å². The fourth-order valence-electron chi connectivity index (χ4n) is 1.17. The summed E-state index contributed by atoms with van der Waals surface area (Å²) >= 11 is 0. The highest BCUT2D eigenvalue weighted by atomic mass is 16.5. The Morgan fingerprint density at radius 2 is 2.29 bits per heavy atom. The number of rotatable bonds is 8. The second kappa shape index (κ2) is 7.59. The Morgan fingerprint density at radius 3 is 3.00 bits per heavy atom. The van der Waals surface area contributed by atoms with Gasteiger partial charge in [0.25, 0.3) is 0 Å². The maximum atomic E-state index is 10.7. The van der Waals surface area contributed by atoms with Gasteiger partial charge in [-0.3, -0.25) is 0 Å². The van der Waals surface area contributed by atoms with Crippen LogP contribution >= 0.6 is 0 Å². The van der Waals surface area contributed by atoms with Crippen molar-refractivity contribution in [3.05, 3.63) is 24.0 Å². The number of aromatic nitrogens is 1. The maximum absolute atomic E-state index is 10.7. The molecule has 0 aliphatic rings. The predicted molar refractivity (Wildman–Crippen MR) is 62.4 cm³/mol. The minimum absolute atomic E-state index is 0.0234. The van der Waals surface area contributed by atoms with Gasteiger partial charge in [-0.15, -0.1) is 0 Å². The number of ether oxygens (including phenoxy) is 2. The van der Waals surface area contributed by atoms with Crippen molar-refractivity contribution < 1.29 is 19.4 Å². The molecule has 94 valence electrons. The van der Waals surface area contributed by atoms with Crippen molar-refractivity contribution in [2.24, 2.45) is 0 Å². The molecule has 1 aromatic rings. The molecule has 0 aliphatic carbocycles. The summed E-state index contributed by atoms with van der Waals surface area (Å²) in [6, 6.07) is 3.19. The summed E-state index contributed by atoms with van der Waals surface area (Å²) in [5.41, 5.74) is 0.739. The van der Waals surface area contributed by atoms with Crippen LogP contribution in [0.2, 0.25) is 0 Å². The van der Waals surface area contributed by atoms with E-state index in [9.17, 15) is 4.79 Å². The summed E-state index contributed by atoms with van der Waals surface area (Å²) in [7, 11) is 1.62. The molecular weight excluding hydrogens is 224 g/mol. The number of hydrogen-bond donors (Lipinski definition) is 2. The van der Waals surface area contributed by atoms with Crippen molar-refractivity contribution >= 4 is 11.7 Å². The van der Waals surface area contributed by atoms with Gasteiger partial charge in [0, 0.05) is 25.5 Å². The molecule has 0 radical (unpaired) electrons. The zero-order chi connectivity index (χ0) is 12.5. The Hall–Kier alpha value is -1.66. The quantitative estimate of drug-likeness (QED) is 0.656. The van der Waals surface area contributed by atoms with Crippen LogP contribution in [-0.2, 0) is 9.47 Å². The second-order valence-electron chi connectivity index (χ2n) is 3.27. The van der Waals surface area contributed by atoms with Crippen LogP contribution in [0.1, 0.15) is 10.5 Å². The molecule has 0 saturated heterocycles. The highest BCUT2D eigenvalue weighted by molar-refractivity contribution is 5.86. The summed E-state index contributed by atoms with van der Waals surface area (Å²) in [4.78, 5) is 14.4. The van der Waals surface area contributed by atoms with Crippen LogP contribution in [-0.4, -0.2) is 49.5 Å². The summed E-state index contributed by atoms with van der Waals surface area (Å²) in [5.74, 6) is -1.04. The van der Waals surface area contributed by atoms with Crippen molar-refractivity contribution in [1.82, 2.24) is 4.98 Å². The van der Waals surface area contributed by atoms with E-state index in [1.807, 2.05) is 0 Å². The van der Waals surface area contributed by atoms with Gasteiger partial charge in [-0.2, -0.15) is 0 Å². The predicted octanol–water partition coefficient (Wildman–Crippen LogP) is 0.855. The molecule has 0 atom stereocenters. The zero-order valence-electron chi connectivity index (χ0n) is 9.68. The monoisotopic (exact) mass is 240 g/mol. The van der Waals surface area contributed by atoms with E-state index in [-0.39, 0.29) is 5.69 Å². The SMILES string of the molecule is COCCOCCNc1ccnc(C(=O)O)c1. The van der Waals surface area contributed by atoms with Gasteiger partial charge in [-0.05, 0) is 12.1 Å². The highest BCUT2D eigenvalue weighted by Gasteiger charge is 2.04. The van der Waals surface area contributed by atoms with Crippen LogP contribution in [0.5, 0.6) is 0 Å². The largest absolute Gasteiger partial charge is 0.477 e. The number of anilines is 1. The molecule has 0 fully saturated rings. The lowest BCUT2D eigenvalue weighted by molar-refractivity contribution is 0.0690. The number of carboxylic acid groups (broad SMARTS) is 1. The van der Waals surface area contributed by atoms with E-state index >= 15 is 0 Å². The number of hydrogen-bond acceptors (Lipinski definition) is 5. The van der Waals surface area contributed by atoms with Gasteiger partial charge in [-0.25, -0.2) is 9.78 Å². The smallest absolute Gasteiger partial charge is 0.354 e. The van der Waals surface area contributed by atoms with Crippen LogP contribution < -0.4 is 5.32 Å². The lowest BCUT2D eigenvalue weighted by atomic mass is 10.3. The first-order valence-electron chi connectivity index (χ1n) is 5.24. The van der Waals surface area contributed by atoms with E-state index in [2.05, 4.69) is 10.3 Å². The van der Waals surface area contributed by atoms with Gasteiger partial charge < -0.3 is 19.9 Å². The highest BCUT2D eigenvalue weighted by Crippen LogP contribution is 2.07. The average Bonchev–Trinajstić information content (AvgIpc) is 2.34. The van der Waals surface area contributed by atoms with Crippen molar-refractivity contribution in [3.63, 3.8) is 0 Å². The third-order valence-corrected chi connectivity index (χ3v) is 1.99. The minimum Gasteiger partial charge on any atom is -0.477 e. The van der Waals surface area contributed by atoms with E-state index in [1.54, 1.807) is 13.2 Å². The molecule has 1 heterocycles. The first-order valence-corrected chi connectivity index (χ1v) is 5.24. The molecule has 0 unspecified atom stereocenters. The Labute approximate surface area is 99.6 Å². The normalized spacial score (nSPS) is 10.2. The number of carboxylic acids is 1. The molecule has 17 heavy (non-hydrogen) atoms. The summed E-state index contributed by atoms with van der Waals surface area (Å²) in [5, 5.41) is 11.8. The third-order valence-electron chi connectivity index (χ3n) is 1.99. The first kappa shape index (κ1) is 13.4. The lowest BCUT2D eigenvalue weighted by Gasteiger charge is -2.07. The first-order chi connectivity index (χ1) is 8.24. The molecule has 6 nitrogen and oxygen atoms in total. The van der Waals surface area contributed by atoms with Crippen LogP contribution in [0.15, 0.2) is 18.3 Å². The lowest BCUT2D eigenvalue weighted by Crippen LogP contribution is -2.12. The van der Waals surface area contributed by atoms with E-state index < -0.39 is 5.97 Å². The fraction of sp³-hybridized carbons (Fsp3) is 0.455. The van der Waals surface area contributed by atoms with Gasteiger partial charge in [0.1, 0.15) is 5.69 Å². The summed E-state index contributed by atoms with van der Waals surface area (Å²) < 4.78 is 10.1. The molecule has 0 amide bonds. The second-order valence-corrected chi connectivity index (χ2v) is 3.27. The van der Waals surface area contributed by atoms with E-state index in [4.69, 9.17) is 14.6 Å². The number of nitrogens with zero attached hydrogens (tertiary/aromatic N) is 1. The van der Waals surface area contributed by atoms with E-state index in [0.717, 1.165) is 0 Å². The minimum atomic E-state index is -1.04. The van der Waals surface area contributed by atoms with Crippen LogP contribution in [0, 0.1) is 0 Å². The number of methoxy groups -OCH3 is 1. The van der Waals surface area contributed by atoms with Crippen LogP contribution in [0.25, 0.3) is 0 Å². The maximum Gasteiger partial charge on any atom is 0.354 e. The zero-order valence-corrected chi connectivity index (χ0v) is 9.68. The van der Waals surface area contributed by atoms with Crippen molar-refractivity contribution in [2.45, 2.75) is 0 Å². The van der Waals surface area contributed by atoms with Gasteiger partial charge in [-0.1, -0.05) is 0 Å². The fourth-order valence-corrected chi connectivity index (χ4v) is 1.17. The van der Waals surface area contributed by atoms with Crippen LogP contribution in [0.3, 0.4) is 0 Å². The standard InChI is InChI=1S/C11H16N2O4/c1-16-6-7-17-5-4-12-9-2-3-13-10(8-9)11(14)15/h2-3,8H,4-7H2,1H3,(H,12,13)(H,14,15). The number of nitrogens with one attached hydrogen (secondary N) is 1. The number of aromatic carboxylic acids is 1. The molecular formula is C11H16N2O4. The van der Waals surface area contributed by atoms with Gasteiger partial charge in [0.15, 0.2) is 0 Å². The van der Waals surface area contributed by atoms with Gasteiger partial charge in [0.2, 0.25) is 0 Å². The molecule has 0 aromatic carbocycles. The molecule has 2 N–H and O–H groups in total. The van der Waals surface area contributed by atoms with Gasteiger partial charge >= 0.3 is 5.97 Å². The third kappa shape index (κ3) is 5.28. The Kier molecular flexibility index (Phi) is 5.98. The summed E-state index contributed by atoms with van der Waals surface area (Å²) in [6.45, 7) is 2.26. The van der Waals surface area contributed by atoms with E-state index in [0.29, 0.717) is 32.1 Å². The molecule has 1 aromatic heterocycles. The van der Waals surface area contributed by atoms with Crippen molar-refractivity contribution in [3.8, 4) is 0 Å².